The van der Waals surface area contributed by atoms with E-state index in [0.717, 1.165) is 32.2 Å². The third-order valence-corrected chi connectivity index (χ3v) is 5.02. The second-order valence-electron chi connectivity index (χ2n) is 6.58. The zero-order valence-electron chi connectivity index (χ0n) is 14.3. The van der Waals surface area contributed by atoms with Crippen molar-refractivity contribution in [1.82, 2.24) is 9.80 Å². The summed E-state index contributed by atoms with van der Waals surface area (Å²) >= 11 is 0. The van der Waals surface area contributed by atoms with Crippen molar-refractivity contribution in [2.45, 2.75) is 38.6 Å². The van der Waals surface area contributed by atoms with Crippen molar-refractivity contribution in [3.63, 3.8) is 0 Å². The molecule has 2 amide bonds. The molecule has 2 atom stereocenters. The number of carbonyl (C=O) groups excluding carboxylic acids is 2. The average molecular weight is 330 g/mol. The van der Waals surface area contributed by atoms with Gasteiger partial charge in [0.25, 0.3) is 0 Å². The van der Waals surface area contributed by atoms with Crippen LogP contribution in [0.3, 0.4) is 0 Å². The van der Waals surface area contributed by atoms with Crippen LogP contribution in [0.25, 0.3) is 0 Å². The van der Waals surface area contributed by atoms with E-state index in [2.05, 4.69) is 12.1 Å². The summed E-state index contributed by atoms with van der Waals surface area (Å²) in [6.07, 6.45) is 3.48. The van der Waals surface area contributed by atoms with E-state index >= 15 is 0 Å². The second-order valence-corrected chi connectivity index (χ2v) is 6.58. The Labute approximate surface area is 143 Å². The Bertz CT molecular complexity index is 575. The minimum atomic E-state index is -0.295. The molecule has 130 valence electrons. The van der Waals surface area contributed by atoms with E-state index in [1.165, 1.54) is 5.56 Å². The van der Waals surface area contributed by atoms with Crippen molar-refractivity contribution in [2.24, 2.45) is 5.92 Å². The Morgan fingerprint density at radius 3 is 2.62 bits per heavy atom. The summed E-state index contributed by atoms with van der Waals surface area (Å²) in [5.74, 6) is 0.0859. The van der Waals surface area contributed by atoms with Crippen LogP contribution in [0, 0.1) is 5.92 Å². The monoisotopic (exact) mass is 330 g/mol. The van der Waals surface area contributed by atoms with Crippen LogP contribution in [0.4, 0.5) is 4.79 Å². The molecule has 5 nitrogen and oxygen atoms in total. The maximum Gasteiger partial charge on any atom is 0.409 e. The number of ether oxygens (including phenoxy) is 1. The van der Waals surface area contributed by atoms with Gasteiger partial charge in [0, 0.05) is 19.6 Å². The van der Waals surface area contributed by atoms with Crippen molar-refractivity contribution in [3.8, 4) is 0 Å². The first-order valence-electron chi connectivity index (χ1n) is 8.98. The minimum absolute atomic E-state index is 0.104. The molecule has 2 fully saturated rings. The van der Waals surface area contributed by atoms with E-state index in [0.29, 0.717) is 19.7 Å². The molecule has 0 spiro atoms. The highest BCUT2D eigenvalue weighted by Gasteiger charge is 2.36. The lowest BCUT2D eigenvalue weighted by molar-refractivity contribution is -0.138. The molecule has 0 radical (unpaired) electrons. The number of likely N-dealkylation sites (tertiary alicyclic amines) is 2. The number of hydrogen-bond donors (Lipinski definition) is 0. The second kappa shape index (κ2) is 7.69. The summed E-state index contributed by atoms with van der Waals surface area (Å²) in [7, 11) is 0. The molecule has 3 rings (SSSR count). The molecule has 2 heterocycles. The molecule has 24 heavy (non-hydrogen) atoms. The van der Waals surface area contributed by atoms with Crippen LogP contribution < -0.4 is 0 Å². The lowest BCUT2D eigenvalue weighted by atomic mass is 9.95. The summed E-state index contributed by atoms with van der Waals surface area (Å²) in [5, 5.41) is 0. The normalized spacial score (nSPS) is 24.0. The number of amides is 2. The Hall–Kier alpha value is -2.04. The van der Waals surface area contributed by atoms with Gasteiger partial charge in [0.1, 0.15) is 0 Å². The van der Waals surface area contributed by atoms with Gasteiger partial charge in [-0.3, -0.25) is 4.79 Å². The molecular formula is C19H26N2O3. The molecule has 0 N–H and O–H groups in total. The highest BCUT2D eigenvalue weighted by molar-refractivity contribution is 5.81. The molecule has 2 saturated heterocycles. The van der Waals surface area contributed by atoms with Gasteiger partial charge in [0.05, 0.1) is 18.6 Å². The average Bonchev–Trinajstić information content (AvgIpc) is 3.12. The van der Waals surface area contributed by atoms with Crippen molar-refractivity contribution >= 4 is 12.0 Å². The summed E-state index contributed by atoms with van der Waals surface area (Å²) in [6.45, 7) is 4.16. The number of nitrogens with zero attached hydrogens (tertiary/aromatic N) is 2. The maximum absolute atomic E-state index is 13.1. The van der Waals surface area contributed by atoms with Crippen LogP contribution in [0.15, 0.2) is 30.3 Å². The van der Waals surface area contributed by atoms with E-state index < -0.39 is 0 Å². The van der Waals surface area contributed by atoms with E-state index in [9.17, 15) is 9.59 Å². The zero-order chi connectivity index (χ0) is 16.9. The summed E-state index contributed by atoms with van der Waals surface area (Å²) in [5.41, 5.74) is 1.21. The third-order valence-electron chi connectivity index (χ3n) is 5.02. The number of hydrogen-bond acceptors (Lipinski definition) is 3. The van der Waals surface area contributed by atoms with Gasteiger partial charge in [-0.25, -0.2) is 4.79 Å². The lowest BCUT2D eigenvalue weighted by Gasteiger charge is -2.35. The highest BCUT2D eigenvalue weighted by atomic mass is 16.6. The van der Waals surface area contributed by atoms with Gasteiger partial charge < -0.3 is 14.5 Å². The molecule has 0 bridgehead atoms. The van der Waals surface area contributed by atoms with Gasteiger partial charge in [-0.2, -0.15) is 0 Å². The molecule has 2 aliphatic heterocycles. The Kier molecular flexibility index (Phi) is 5.38. The fourth-order valence-electron chi connectivity index (χ4n) is 3.85. The molecular weight excluding hydrogens is 304 g/mol. The SMILES string of the molecule is CCOC(=O)N1CCCC(C(=O)N2CCCC2c2ccccc2)C1. The van der Waals surface area contributed by atoms with Crippen LogP contribution >= 0.6 is 0 Å². The molecule has 2 aliphatic rings. The summed E-state index contributed by atoms with van der Waals surface area (Å²) in [6, 6.07) is 10.4. The maximum atomic E-state index is 13.1. The predicted octanol–water partition coefficient (Wildman–Crippen LogP) is 3.22. The van der Waals surface area contributed by atoms with Crippen molar-refractivity contribution in [1.29, 1.82) is 0 Å². The lowest BCUT2D eigenvalue weighted by Crippen LogP contribution is -2.46. The van der Waals surface area contributed by atoms with Crippen LogP contribution in [-0.4, -0.2) is 48.0 Å². The molecule has 0 aromatic heterocycles. The smallest absolute Gasteiger partial charge is 0.409 e. The first kappa shape index (κ1) is 16.8. The largest absolute Gasteiger partial charge is 0.450 e. The zero-order valence-corrected chi connectivity index (χ0v) is 14.3. The van der Waals surface area contributed by atoms with Crippen molar-refractivity contribution in [2.75, 3.05) is 26.2 Å². The number of rotatable bonds is 3. The quantitative estimate of drug-likeness (QED) is 0.855. The van der Waals surface area contributed by atoms with Crippen molar-refractivity contribution in [3.05, 3.63) is 35.9 Å². The predicted molar refractivity (Wildman–Crippen MR) is 91.4 cm³/mol. The fraction of sp³-hybridized carbons (Fsp3) is 0.579. The van der Waals surface area contributed by atoms with E-state index in [1.54, 1.807) is 11.8 Å². The van der Waals surface area contributed by atoms with Crippen LogP contribution in [0.5, 0.6) is 0 Å². The highest BCUT2D eigenvalue weighted by Crippen LogP contribution is 2.34. The van der Waals surface area contributed by atoms with Gasteiger partial charge in [-0.05, 0) is 38.2 Å². The minimum Gasteiger partial charge on any atom is -0.450 e. The molecule has 5 heteroatoms. The van der Waals surface area contributed by atoms with Gasteiger partial charge >= 0.3 is 6.09 Å². The van der Waals surface area contributed by atoms with Gasteiger partial charge in [-0.1, -0.05) is 30.3 Å². The number of benzene rings is 1. The first-order valence-corrected chi connectivity index (χ1v) is 8.98. The first-order chi connectivity index (χ1) is 11.7. The molecule has 2 unspecified atom stereocenters. The summed E-state index contributed by atoms with van der Waals surface area (Å²) in [4.78, 5) is 28.7. The summed E-state index contributed by atoms with van der Waals surface area (Å²) < 4.78 is 5.09. The van der Waals surface area contributed by atoms with Crippen LogP contribution in [0.2, 0.25) is 0 Å². The fourth-order valence-corrected chi connectivity index (χ4v) is 3.85. The van der Waals surface area contributed by atoms with Gasteiger partial charge in [0.15, 0.2) is 0 Å². The van der Waals surface area contributed by atoms with Gasteiger partial charge in [-0.15, -0.1) is 0 Å². The Morgan fingerprint density at radius 2 is 1.88 bits per heavy atom. The molecule has 0 saturated carbocycles. The molecule has 0 aliphatic carbocycles. The number of carbonyl (C=O) groups is 2. The van der Waals surface area contributed by atoms with E-state index in [4.69, 9.17) is 4.74 Å². The van der Waals surface area contributed by atoms with Crippen LogP contribution in [-0.2, 0) is 9.53 Å². The van der Waals surface area contributed by atoms with Crippen LogP contribution in [0.1, 0.15) is 44.2 Å². The third kappa shape index (κ3) is 3.55. The molecule has 1 aromatic rings. The van der Waals surface area contributed by atoms with Gasteiger partial charge in [0.2, 0.25) is 5.91 Å². The molecule has 1 aromatic carbocycles. The Morgan fingerprint density at radius 1 is 1.12 bits per heavy atom. The Balaban J connectivity index is 1.67. The number of piperidine rings is 1. The van der Waals surface area contributed by atoms with E-state index in [1.807, 2.05) is 23.1 Å². The topological polar surface area (TPSA) is 49.9 Å². The standard InChI is InChI=1S/C19H26N2O3/c1-2-24-19(23)20-12-6-10-16(14-20)18(22)21-13-7-11-17(21)15-8-4-3-5-9-15/h3-5,8-9,16-17H,2,6-7,10-14H2,1H3. The van der Waals surface area contributed by atoms with Crippen molar-refractivity contribution < 1.29 is 14.3 Å². The van der Waals surface area contributed by atoms with E-state index in [-0.39, 0.29) is 24.0 Å².